The maximum Gasteiger partial charge on any atom is 0.260 e. The van der Waals surface area contributed by atoms with Gasteiger partial charge < -0.3 is 21.3 Å². The average Bonchev–Trinajstić information content (AvgIpc) is 2.87. The molecule has 8 nitrogen and oxygen atoms in total. The van der Waals surface area contributed by atoms with Gasteiger partial charge in [-0.3, -0.25) is 4.79 Å². The summed E-state index contributed by atoms with van der Waals surface area (Å²) >= 11 is 1.18. The van der Waals surface area contributed by atoms with Crippen LogP contribution in [-0.2, 0) is 0 Å². The lowest BCUT2D eigenvalue weighted by Gasteiger charge is -2.11. The van der Waals surface area contributed by atoms with E-state index < -0.39 is 5.91 Å². The van der Waals surface area contributed by atoms with Crippen molar-refractivity contribution in [1.29, 1.82) is 0 Å². The molecule has 4 N–H and O–H groups in total. The first kappa shape index (κ1) is 15.1. The van der Waals surface area contributed by atoms with E-state index in [1.165, 1.54) is 23.9 Å². The molecule has 2 aromatic rings. The Morgan fingerprint density at radius 1 is 1.33 bits per heavy atom. The molecular formula is C12H17N7OS. The minimum absolute atomic E-state index is 0.399. The number of nitrogens with one attached hydrogen (secondary N) is 2. The summed E-state index contributed by atoms with van der Waals surface area (Å²) in [6.07, 6.45) is 2.90. The number of carbonyl (C=O) groups is 1. The topological polar surface area (TPSA) is 109 Å². The Kier molecular flexibility index (Phi) is 5.01. The summed E-state index contributed by atoms with van der Waals surface area (Å²) in [6, 6.07) is 1.78. The first-order valence-electron chi connectivity index (χ1n) is 6.28. The minimum Gasteiger partial charge on any atom is -0.369 e. The van der Waals surface area contributed by atoms with E-state index in [0.717, 1.165) is 18.9 Å². The van der Waals surface area contributed by atoms with Crippen LogP contribution in [-0.4, -0.2) is 52.9 Å². The van der Waals surface area contributed by atoms with Gasteiger partial charge in [0.25, 0.3) is 5.91 Å². The summed E-state index contributed by atoms with van der Waals surface area (Å²) in [4.78, 5) is 25.8. The SMILES string of the molecule is CN(C)CCNc1cc(Nc2ncc(C(N)=O)s2)ncn1. The Labute approximate surface area is 126 Å². The van der Waals surface area contributed by atoms with Crippen molar-refractivity contribution >= 4 is 34.0 Å². The van der Waals surface area contributed by atoms with E-state index in [1.54, 1.807) is 6.07 Å². The Morgan fingerprint density at radius 2 is 2.10 bits per heavy atom. The van der Waals surface area contributed by atoms with Crippen molar-refractivity contribution in [2.75, 3.05) is 37.8 Å². The smallest absolute Gasteiger partial charge is 0.260 e. The van der Waals surface area contributed by atoms with Crippen LogP contribution in [0.1, 0.15) is 9.67 Å². The summed E-state index contributed by atoms with van der Waals surface area (Å²) in [7, 11) is 4.01. The third kappa shape index (κ3) is 4.65. The highest BCUT2D eigenvalue weighted by Crippen LogP contribution is 2.21. The highest BCUT2D eigenvalue weighted by atomic mass is 32.1. The molecule has 2 heterocycles. The Hall–Kier alpha value is -2.26. The predicted octanol–water partition coefficient (Wildman–Crippen LogP) is 0.749. The fraction of sp³-hybridized carbons (Fsp3) is 0.333. The molecule has 2 rings (SSSR count). The van der Waals surface area contributed by atoms with Gasteiger partial charge in [-0.25, -0.2) is 15.0 Å². The van der Waals surface area contributed by atoms with Crippen molar-refractivity contribution in [3.63, 3.8) is 0 Å². The highest BCUT2D eigenvalue weighted by Gasteiger charge is 2.07. The van der Waals surface area contributed by atoms with Gasteiger partial charge in [0.15, 0.2) is 5.13 Å². The van der Waals surface area contributed by atoms with Crippen molar-refractivity contribution in [1.82, 2.24) is 19.9 Å². The second-order valence-corrected chi connectivity index (χ2v) is 5.57. The molecule has 0 fully saturated rings. The van der Waals surface area contributed by atoms with Gasteiger partial charge in [-0.15, -0.1) is 0 Å². The van der Waals surface area contributed by atoms with Crippen LogP contribution in [0.4, 0.5) is 16.8 Å². The van der Waals surface area contributed by atoms with Crippen molar-refractivity contribution in [3.05, 3.63) is 23.5 Å². The third-order valence-electron chi connectivity index (χ3n) is 2.52. The molecule has 0 atom stereocenters. The van der Waals surface area contributed by atoms with E-state index in [1.807, 2.05) is 14.1 Å². The fourth-order valence-electron chi connectivity index (χ4n) is 1.49. The molecule has 9 heteroatoms. The average molecular weight is 307 g/mol. The Balaban J connectivity index is 1.98. The number of primary amides is 1. The molecule has 0 aromatic carbocycles. The van der Waals surface area contributed by atoms with Gasteiger partial charge in [-0.2, -0.15) is 0 Å². The summed E-state index contributed by atoms with van der Waals surface area (Å²) in [5.74, 6) is 0.832. The van der Waals surface area contributed by atoms with E-state index in [2.05, 4.69) is 30.5 Å². The molecule has 0 saturated carbocycles. The van der Waals surface area contributed by atoms with Gasteiger partial charge >= 0.3 is 0 Å². The van der Waals surface area contributed by atoms with Crippen LogP contribution in [0.5, 0.6) is 0 Å². The number of nitrogens with two attached hydrogens (primary N) is 1. The predicted molar refractivity (Wildman–Crippen MR) is 83.0 cm³/mol. The molecular weight excluding hydrogens is 290 g/mol. The minimum atomic E-state index is -0.491. The molecule has 0 bridgehead atoms. The number of anilines is 3. The van der Waals surface area contributed by atoms with Crippen molar-refractivity contribution in [2.24, 2.45) is 5.73 Å². The lowest BCUT2D eigenvalue weighted by Crippen LogP contribution is -2.21. The fourth-order valence-corrected chi connectivity index (χ4v) is 2.16. The highest BCUT2D eigenvalue weighted by molar-refractivity contribution is 7.17. The van der Waals surface area contributed by atoms with Crippen LogP contribution in [0.3, 0.4) is 0 Å². The molecule has 112 valence electrons. The van der Waals surface area contributed by atoms with Crippen LogP contribution >= 0.6 is 11.3 Å². The van der Waals surface area contributed by atoms with E-state index in [0.29, 0.717) is 15.8 Å². The van der Waals surface area contributed by atoms with Crippen molar-refractivity contribution in [2.45, 2.75) is 0 Å². The standard InChI is InChI=1S/C12H17N7OS/c1-19(2)4-3-14-9-5-10(17-7-16-9)18-12-15-6-8(21-12)11(13)20/h5-7H,3-4H2,1-2H3,(H2,13,20)(H2,14,15,16,17,18). The number of hydrogen-bond donors (Lipinski definition) is 3. The Bertz CT molecular complexity index is 613. The van der Waals surface area contributed by atoms with Crippen molar-refractivity contribution < 1.29 is 4.79 Å². The maximum atomic E-state index is 11.0. The van der Waals surface area contributed by atoms with Gasteiger partial charge in [-0.1, -0.05) is 11.3 Å². The van der Waals surface area contributed by atoms with E-state index in [-0.39, 0.29) is 0 Å². The third-order valence-corrected chi connectivity index (χ3v) is 3.44. The zero-order valence-electron chi connectivity index (χ0n) is 11.8. The number of likely N-dealkylation sites (N-methyl/N-ethyl adjacent to an activating group) is 1. The second kappa shape index (κ2) is 6.95. The zero-order chi connectivity index (χ0) is 15.2. The molecule has 0 aliphatic rings. The lowest BCUT2D eigenvalue weighted by molar-refractivity contribution is 0.100. The normalized spacial score (nSPS) is 10.6. The monoisotopic (exact) mass is 307 g/mol. The molecule has 0 unspecified atom stereocenters. The molecule has 0 aliphatic heterocycles. The van der Waals surface area contributed by atoms with Crippen LogP contribution in [0.25, 0.3) is 0 Å². The van der Waals surface area contributed by atoms with Crippen LogP contribution in [0.2, 0.25) is 0 Å². The van der Waals surface area contributed by atoms with Gasteiger partial charge in [0, 0.05) is 19.2 Å². The van der Waals surface area contributed by atoms with Gasteiger partial charge in [0.2, 0.25) is 0 Å². The molecule has 0 aliphatic carbocycles. The number of hydrogen-bond acceptors (Lipinski definition) is 8. The molecule has 2 aromatic heterocycles. The molecule has 0 spiro atoms. The van der Waals surface area contributed by atoms with E-state index in [4.69, 9.17) is 5.73 Å². The maximum absolute atomic E-state index is 11.0. The zero-order valence-corrected chi connectivity index (χ0v) is 12.6. The Morgan fingerprint density at radius 3 is 2.76 bits per heavy atom. The number of thiazole rings is 1. The van der Waals surface area contributed by atoms with Crippen LogP contribution in [0.15, 0.2) is 18.6 Å². The lowest BCUT2D eigenvalue weighted by atomic mass is 10.5. The molecule has 0 radical (unpaired) electrons. The molecule has 21 heavy (non-hydrogen) atoms. The van der Waals surface area contributed by atoms with Gasteiger partial charge in [0.1, 0.15) is 22.8 Å². The summed E-state index contributed by atoms with van der Waals surface area (Å²) in [5, 5.41) is 6.78. The quantitative estimate of drug-likeness (QED) is 0.692. The van der Waals surface area contributed by atoms with Gasteiger partial charge in [-0.05, 0) is 14.1 Å². The largest absolute Gasteiger partial charge is 0.369 e. The second-order valence-electron chi connectivity index (χ2n) is 4.54. The number of nitrogens with zero attached hydrogens (tertiary/aromatic N) is 4. The first-order valence-corrected chi connectivity index (χ1v) is 7.09. The number of aromatic nitrogens is 3. The number of amides is 1. The van der Waals surface area contributed by atoms with E-state index in [9.17, 15) is 4.79 Å². The van der Waals surface area contributed by atoms with Crippen molar-refractivity contribution in [3.8, 4) is 0 Å². The summed E-state index contributed by atoms with van der Waals surface area (Å²) in [5.41, 5.74) is 5.19. The molecule has 0 saturated heterocycles. The summed E-state index contributed by atoms with van der Waals surface area (Å²) in [6.45, 7) is 1.69. The number of carbonyl (C=O) groups excluding carboxylic acids is 1. The molecule has 1 amide bonds. The van der Waals surface area contributed by atoms with E-state index >= 15 is 0 Å². The van der Waals surface area contributed by atoms with Crippen LogP contribution < -0.4 is 16.4 Å². The first-order chi connectivity index (χ1) is 10.0. The summed E-state index contributed by atoms with van der Waals surface area (Å²) < 4.78 is 0. The number of rotatable bonds is 7. The van der Waals surface area contributed by atoms with Crippen LogP contribution in [0, 0.1) is 0 Å². The van der Waals surface area contributed by atoms with Gasteiger partial charge in [0.05, 0.1) is 6.20 Å².